The maximum atomic E-state index is 13.3. The van der Waals surface area contributed by atoms with Crippen LogP contribution in [0.15, 0.2) is 65.9 Å². The molecule has 2 bridgehead atoms. The number of fused-ring (bicyclic) bond motifs is 9. The first-order valence-corrected chi connectivity index (χ1v) is 10.3. The van der Waals surface area contributed by atoms with Gasteiger partial charge in [0, 0.05) is 0 Å². The van der Waals surface area contributed by atoms with Crippen LogP contribution in [-0.2, 0) is 19.2 Å². The monoisotopic (exact) mass is 412 g/mol. The Morgan fingerprint density at radius 3 is 2.29 bits per heavy atom. The van der Waals surface area contributed by atoms with E-state index in [0.29, 0.717) is 17.1 Å². The lowest BCUT2D eigenvalue weighted by atomic mass is 9.72. The lowest BCUT2D eigenvalue weighted by Crippen LogP contribution is -2.45. The van der Waals surface area contributed by atoms with E-state index in [9.17, 15) is 9.59 Å². The quantitative estimate of drug-likeness (QED) is 0.597. The molecule has 2 amide bonds. The number of ether oxygens (including phenoxy) is 1. The van der Waals surface area contributed by atoms with Crippen molar-refractivity contribution < 1.29 is 19.2 Å². The summed E-state index contributed by atoms with van der Waals surface area (Å²) in [5, 5.41) is 4.29. The van der Waals surface area contributed by atoms with Gasteiger partial charge < -0.3 is 9.57 Å². The van der Waals surface area contributed by atoms with Crippen LogP contribution in [0.5, 0.6) is 0 Å². The van der Waals surface area contributed by atoms with Gasteiger partial charge in [0.1, 0.15) is 17.5 Å². The van der Waals surface area contributed by atoms with E-state index in [4.69, 9.17) is 14.6 Å². The number of carbonyl (C=O) groups is 2. The number of oxime groups is 1. The molecule has 3 aromatic rings. The van der Waals surface area contributed by atoms with Crippen LogP contribution >= 0.6 is 0 Å². The maximum absolute atomic E-state index is 13.3. The van der Waals surface area contributed by atoms with Gasteiger partial charge in [0.2, 0.25) is 11.8 Å². The van der Waals surface area contributed by atoms with E-state index < -0.39 is 30.1 Å². The van der Waals surface area contributed by atoms with Crippen LogP contribution in [0.4, 0.5) is 5.69 Å². The molecule has 31 heavy (non-hydrogen) atoms. The first kappa shape index (κ1) is 17.1. The molecule has 8 nitrogen and oxygen atoms in total. The average molecular weight is 412 g/mol. The van der Waals surface area contributed by atoms with Gasteiger partial charge in [0.15, 0.2) is 6.10 Å². The average Bonchev–Trinajstić information content (AvgIpc) is 3.54. The van der Waals surface area contributed by atoms with Crippen molar-refractivity contribution >= 4 is 34.2 Å². The summed E-state index contributed by atoms with van der Waals surface area (Å²) in [6.45, 7) is 0. The Morgan fingerprint density at radius 2 is 1.48 bits per heavy atom. The number of hydrogen-bond donors (Lipinski definition) is 0. The number of amides is 2. The largest absolute Gasteiger partial charge is 0.389 e. The first-order chi connectivity index (χ1) is 15.2. The number of para-hydroxylation sites is 3. The molecular formula is C23H16N4O4. The topological polar surface area (TPSA) is 94.0 Å². The van der Waals surface area contributed by atoms with Gasteiger partial charge in [-0.15, -0.1) is 0 Å². The number of hydrogen-bond acceptors (Lipinski definition) is 7. The lowest BCUT2D eigenvalue weighted by molar-refractivity contribution is -0.125. The molecule has 0 spiro atoms. The summed E-state index contributed by atoms with van der Waals surface area (Å²) >= 11 is 0. The van der Waals surface area contributed by atoms with Gasteiger partial charge in [-0.1, -0.05) is 35.5 Å². The molecule has 7 rings (SSSR count). The van der Waals surface area contributed by atoms with Crippen molar-refractivity contribution in [3.8, 4) is 0 Å². The van der Waals surface area contributed by atoms with Crippen LogP contribution < -0.4 is 4.90 Å². The second kappa shape index (κ2) is 5.95. The number of rotatable bonds is 2. The fraction of sp³-hybridized carbons (Fsp3) is 0.261. The fourth-order valence-corrected chi connectivity index (χ4v) is 5.48. The second-order valence-corrected chi connectivity index (χ2v) is 8.28. The molecule has 3 fully saturated rings. The Kier molecular flexibility index (Phi) is 3.28. The van der Waals surface area contributed by atoms with E-state index >= 15 is 0 Å². The van der Waals surface area contributed by atoms with Crippen molar-refractivity contribution in [3.05, 3.63) is 66.5 Å². The third kappa shape index (κ3) is 2.14. The van der Waals surface area contributed by atoms with Crippen molar-refractivity contribution in [3.63, 3.8) is 0 Å². The van der Waals surface area contributed by atoms with Crippen LogP contribution in [0.1, 0.15) is 5.69 Å². The van der Waals surface area contributed by atoms with Gasteiger partial charge in [-0.2, -0.15) is 0 Å². The first-order valence-electron chi connectivity index (χ1n) is 10.3. The van der Waals surface area contributed by atoms with E-state index in [2.05, 4.69) is 10.1 Å². The van der Waals surface area contributed by atoms with Crippen molar-refractivity contribution in [1.29, 1.82) is 0 Å². The van der Waals surface area contributed by atoms with Crippen LogP contribution in [-0.4, -0.2) is 45.8 Å². The molecule has 2 aromatic carbocycles. The molecule has 4 aliphatic rings. The summed E-state index contributed by atoms with van der Waals surface area (Å²) in [5.74, 6) is -1.79. The zero-order valence-corrected chi connectivity index (χ0v) is 16.2. The fourth-order valence-electron chi connectivity index (χ4n) is 5.48. The van der Waals surface area contributed by atoms with Gasteiger partial charge in [-0.25, -0.2) is 9.88 Å². The van der Waals surface area contributed by atoms with Gasteiger partial charge in [-0.3, -0.25) is 14.6 Å². The molecule has 0 radical (unpaired) electrons. The predicted molar refractivity (Wildman–Crippen MR) is 109 cm³/mol. The highest BCUT2D eigenvalue weighted by Gasteiger charge is 2.72. The number of anilines is 1. The van der Waals surface area contributed by atoms with Crippen molar-refractivity contribution in [2.75, 3.05) is 4.90 Å². The van der Waals surface area contributed by atoms with Crippen LogP contribution in [0.3, 0.4) is 0 Å². The smallest absolute Gasteiger partial charge is 0.240 e. The van der Waals surface area contributed by atoms with E-state index in [1.165, 1.54) is 4.90 Å². The molecule has 6 atom stereocenters. The number of aromatic nitrogens is 2. The summed E-state index contributed by atoms with van der Waals surface area (Å²) in [5.41, 5.74) is 3.38. The zero-order chi connectivity index (χ0) is 20.7. The molecule has 152 valence electrons. The standard InChI is InChI=1S/C23H16N4O4/c28-22-15-16(23(29)27(22)11-6-2-1-3-7-11)20-21-17(19(15)30-20)18(26-31-21)14-10-24-12-8-4-5-9-13(12)25-14/h1-10,15-17,19-21H. The molecule has 4 aliphatic heterocycles. The SMILES string of the molecule is O=C1C2C3OC(C4C(c5cnc6ccccc6n5)=NOC34)C2C(=O)N1c1ccccc1. The van der Waals surface area contributed by atoms with Gasteiger partial charge in [-0.05, 0) is 24.3 Å². The Bertz CT molecular complexity index is 1290. The summed E-state index contributed by atoms with van der Waals surface area (Å²) in [4.78, 5) is 42.7. The maximum Gasteiger partial charge on any atom is 0.240 e. The summed E-state index contributed by atoms with van der Waals surface area (Å²) in [7, 11) is 0. The molecule has 0 saturated carbocycles. The van der Waals surface area contributed by atoms with Gasteiger partial charge in [0.05, 0.1) is 46.8 Å². The van der Waals surface area contributed by atoms with E-state index in [1.807, 2.05) is 42.5 Å². The predicted octanol–water partition coefficient (Wildman–Crippen LogP) is 1.94. The Hall–Kier alpha value is -3.65. The number of nitrogens with zero attached hydrogens (tertiary/aromatic N) is 4. The van der Waals surface area contributed by atoms with Crippen LogP contribution in [0.2, 0.25) is 0 Å². The molecular weight excluding hydrogens is 396 g/mol. The lowest BCUT2D eigenvalue weighted by Gasteiger charge is -2.25. The molecule has 3 saturated heterocycles. The second-order valence-electron chi connectivity index (χ2n) is 8.28. The normalized spacial score (nSPS) is 32.9. The number of benzene rings is 2. The van der Waals surface area contributed by atoms with E-state index in [1.54, 1.807) is 18.3 Å². The van der Waals surface area contributed by atoms with Crippen LogP contribution in [0, 0.1) is 17.8 Å². The Labute approximate surface area is 176 Å². The van der Waals surface area contributed by atoms with Crippen molar-refractivity contribution in [2.45, 2.75) is 18.3 Å². The molecule has 1 aromatic heterocycles. The molecule has 0 aliphatic carbocycles. The minimum atomic E-state index is -0.545. The minimum Gasteiger partial charge on any atom is -0.389 e. The minimum absolute atomic E-state index is 0.219. The van der Waals surface area contributed by atoms with Gasteiger partial charge >= 0.3 is 0 Å². The highest BCUT2D eigenvalue weighted by Crippen LogP contribution is 2.55. The highest BCUT2D eigenvalue weighted by molar-refractivity contribution is 6.23. The number of imide groups is 1. The van der Waals surface area contributed by atoms with Gasteiger partial charge in [0.25, 0.3) is 0 Å². The third-order valence-corrected chi connectivity index (χ3v) is 6.77. The van der Waals surface area contributed by atoms with E-state index in [0.717, 1.165) is 11.0 Å². The van der Waals surface area contributed by atoms with Crippen LogP contribution in [0.25, 0.3) is 11.0 Å². The third-order valence-electron chi connectivity index (χ3n) is 6.77. The van der Waals surface area contributed by atoms with E-state index in [-0.39, 0.29) is 17.7 Å². The van der Waals surface area contributed by atoms with Crippen molar-refractivity contribution in [1.82, 2.24) is 9.97 Å². The Morgan fingerprint density at radius 1 is 0.774 bits per heavy atom. The molecule has 6 unspecified atom stereocenters. The zero-order valence-electron chi connectivity index (χ0n) is 16.2. The Balaban J connectivity index is 1.26. The summed E-state index contributed by atoms with van der Waals surface area (Å²) < 4.78 is 6.15. The molecule has 5 heterocycles. The molecule has 8 heteroatoms. The highest BCUT2D eigenvalue weighted by atomic mass is 16.7. The molecule has 0 N–H and O–H groups in total. The summed E-state index contributed by atoms with van der Waals surface area (Å²) in [6, 6.07) is 16.6. The van der Waals surface area contributed by atoms with Crippen molar-refractivity contribution in [2.24, 2.45) is 22.9 Å². The number of carbonyl (C=O) groups excluding carboxylic acids is 2. The summed E-state index contributed by atoms with van der Waals surface area (Å²) in [6.07, 6.45) is 0.301.